The van der Waals surface area contributed by atoms with E-state index in [1.165, 1.54) is 0 Å². The minimum Gasteiger partial charge on any atom is -0.372 e. The normalized spacial score (nSPS) is 11.4. The first-order valence-corrected chi connectivity index (χ1v) is 6.22. The molecule has 0 radical (unpaired) electrons. The van der Waals surface area contributed by atoms with Gasteiger partial charge in [-0.05, 0) is 24.1 Å². The van der Waals surface area contributed by atoms with Gasteiger partial charge in [-0.25, -0.2) is 9.59 Å². The second-order valence-electron chi connectivity index (χ2n) is 3.49. The van der Waals surface area contributed by atoms with Gasteiger partial charge in [0.2, 0.25) is 0 Å². The number of aromatic amines is 1. The lowest BCUT2D eigenvalue weighted by atomic mass is 10.1. The fourth-order valence-corrected chi connectivity index (χ4v) is 1.76. The molecular formula is C12H10BrNO3. The Kier molecular flexibility index (Phi) is 3.58. The summed E-state index contributed by atoms with van der Waals surface area (Å²) >= 11 is 3.33. The summed E-state index contributed by atoms with van der Waals surface area (Å²) in [6, 6.07) is 5.23. The van der Waals surface area contributed by atoms with Crippen molar-refractivity contribution in [2.24, 2.45) is 0 Å². The molecule has 88 valence electrons. The van der Waals surface area contributed by atoms with Crippen molar-refractivity contribution in [3.8, 4) is 0 Å². The molecule has 5 heteroatoms. The maximum absolute atomic E-state index is 11.5. The summed E-state index contributed by atoms with van der Waals surface area (Å²) in [6.07, 6.45) is 4.84. The van der Waals surface area contributed by atoms with E-state index in [0.717, 1.165) is 17.3 Å². The molecular weight excluding hydrogens is 286 g/mol. The Hall–Kier alpha value is -1.62. The summed E-state index contributed by atoms with van der Waals surface area (Å²) in [5.41, 5.74) is 0.779. The smallest absolute Gasteiger partial charge is 0.372 e. The molecule has 0 atom stereocenters. The van der Waals surface area contributed by atoms with Crippen LogP contribution in [0, 0.1) is 0 Å². The van der Waals surface area contributed by atoms with E-state index in [1.807, 2.05) is 18.2 Å². The number of rotatable bonds is 3. The van der Waals surface area contributed by atoms with Crippen molar-refractivity contribution in [2.45, 2.75) is 6.42 Å². The molecule has 0 spiro atoms. The van der Waals surface area contributed by atoms with Crippen LogP contribution >= 0.6 is 15.9 Å². The van der Waals surface area contributed by atoms with E-state index >= 15 is 0 Å². The summed E-state index contributed by atoms with van der Waals surface area (Å²) in [7, 11) is 0. The molecule has 4 nitrogen and oxygen atoms in total. The average Bonchev–Trinajstić information content (AvgIpc) is 2.30. The standard InChI is InChI=1S/C12H10BrNO3/c13-6-2-1-3-8-4-5-10-9(7-8)11(15)17-12(16)14-10/h1,3-5,7H,2,6H2,(H,14,16). The highest BCUT2D eigenvalue weighted by Crippen LogP contribution is 2.10. The second-order valence-corrected chi connectivity index (χ2v) is 4.28. The van der Waals surface area contributed by atoms with Crippen LogP contribution < -0.4 is 11.4 Å². The summed E-state index contributed by atoms with van der Waals surface area (Å²) in [4.78, 5) is 24.9. The highest BCUT2D eigenvalue weighted by molar-refractivity contribution is 9.09. The van der Waals surface area contributed by atoms with Gasteiger partial charge in [-0.15, -0.1) is 0 Å². The van der Waals surface area contributed by atoms with Gasteiger partial charge in [-0.1, -0.05) is 34.1 Å². The van der Waals surface area contributed by atoms with Crippen LogP contribution in [0.2, 0.25) is 0 Å². The summed E-state index contributed by atoms with van der Waals surface area (Å²) in [5, 5.41) is 1.28. The quantitative estimate of drug-likeness (QED) is 0.884. The molecule has 2 rings (SSSR count). The van der Waals surface area contributed by atoms with E-state index in [0.29, 0.717) is 10.9 Å². The second kappa shape index (κ2) is 5.14. The molecule has 0 bridgehead atoms. The Balaban J connectivity index is 2.51. The first kappa shape index (κ1) is 11.9. The van der Waals surface area contributed by atoms with Crippen molar-refractivity contribution in [1.29, 1.82) is 0 Å². The van der Waals surface area contributed by atoms with Crippen molar-refractivity contribution >= 4 is 32.9 Å². The SMILES string of the molecule is O=c1[nH]c2ccc(C=CCCBr)cc2c(=O)o1. The zero-order chi connectivity index (χ0) is 12.3. The van der Waals surface area contributed by atoms with E-state index in [2.05, 4.69) is 25.3 Å². The van der Waals surface area contributed by atoms with Crippen LogP contribution in [0.25, 0.3) is 17.0 Å². The fourth-order valence-electron chi connectivity index (χ4n) is 1.50. The molecule has 0 amide bonds. The van der Waals surface area contributed by atoms with Gasteiger partial charge in [-0.2, -0.15) is 0 Å². The lowest BCUT2D eigenvalue weighted by Crippen LogP contribution is -2.14. The number of allylic oxidation sites excluding steroid dienone is 1. The van der Waals surface area contributed by atoms with Gasteiger partial charge in [0.1, 0.15) is 0 Å². The van der Waals surface area contributed by atoms with Crippen molar-refractivity contribution < 1.29 is 4.42 Å². The molecule has 0 saturated heterocycles. The molecule has 1 N–H and O–H groups in total. The monoisotopic (exact) mass is 295 g/mol. The van der Waals surface area contributed by atoms with Crippen molar-refractivity contribution in [1.82, 2.24) is 4.98 Å². The minimum absolute atomic E-state index is 0.380. The van der Waals surface area contributed by atoms with Crippen LogP contribution in [0.15, 0.2) is 38.3 Å². The van der Waals surface area contributed by atoms with E-state index in [9.17, 15) is 9.59 Å². The van der Waals surface area contributed by atoms with Crippen molar-refractivity contribution in [2.75, 3.05) is 5.33 Å². The molecule has 0 saturated carbocycles. The van der Waals surface area contributed by atoms with E-state index in [1.54, 1.807) is 12.1 Å². The van der Waals surface area contributed by atoms with Crippen molar-refractivity contribution in [3.05, 3.63) is 50.8 Å². The van der Waals surface area contributed by atoms with E-state index in [-0.39, 0.29) is 0 Å². The molecule has 17 heavy (non-hydrogen) atoms. The fraction of sp³-hybridized carbons (Fsp3) is 0.167. The van der Waals surface area contributed by atoms with Crippen molar-refractivity contribution in [3.63, 3.8) is 0 Å². The number of alkyl halides is 1. The third-order valence-corrected chi connectivity index (χ3v) is 2.73. The number of fused-ring (bicyclic) bond motifs is 1. The van der Waals surface area contributed by atoms with Gasteiger partial charge in [0.25, 0.3) is 0 Å². The van der Waals surface area contributed by atoms with Crippen LogP contribution in [0.4, 0.5) is 0 Å². The Morgan fingerprint density at radius 2 is 2.18 bits per heavy atom. The van der Waals surface area contributed by atoms with E-state index in [4.69, 9.17) is 0 Å². The number of halogens is 1. The number of H-pyrrole nitrogens is 1. The molecule has 0 aliphatic carbocycles. The molecule has 0 fully saturated rings. The largest absolute Gasteiger partial charge is 0.419 e. The Morgan fingerprint density at radius 3 is 2.94 bits per heavy atom. The topological polar surface area (TPSA) is 63.1 Å². The van der Waals surface area contributed by atoms with Gasteiger partial charge in [0.15, 0.2) is 0 Å². The average molecular weight is 296 g/mol. The summed E-state index contributed by atoms with van der Waals surface area (Å²) in [6.45, 7) is 0. The number of aromatic nitrogens is 1. The molecule has 1 aromatic heterocycles. The molecule has 1 heterocycles. The Bertz CT molecular complexity index is 669. The van der Waals surface area contributed by atoms with Crippen LogP contribution in [-0.2, 0) is 0 Å². The predicted octanol–water partition coefficient (Wildman–Crippen LogP) is 2.28. The summed E-state index contributed by atoms with van der Waals surface area (Å²) in [5.74, 6) is -0.731. The number of hydrogen-bond donors (Lipinski definition) is 1. The van der Waals surface area contributed by atoms with Gasteiger partial charge in [0, 0.05) is 5.33 Å². The molecule has 0 unspecified atom stereocenters. The zero-order valence-electron chi connectivity index (χ0n) is 8.90. The summed E-state index contributed by atoms with van der Waals surface area (Å²) < 4.78 is 4.47. The highest BCUT2D eigenvalue weighted by Gasteiger charge is 2.02. The first-order valence-electron chi connectivity index (χ1n) is 5.10. The highest BCUT2D eigenvalue weighted by atomic mass is 79.9. The van der Waals surface area contributed by atoms with Crippen LogP contribution in [0.1, 0.15) is 12.0 Å². The maximum Gasteiger partial charge on any atom is 0.419 e. The molecule has 0 aliphatic rings. The maximum atomic E-state index is 11.5. The van der Waals surface area contributed by atoms with E-state index < -0.39 is 11.4 Å². The van der Waals surface area contributed by atoms with Crippen LogP contribution in [0.3, 0.4) is 0 Å². The molecule has 0 aliphatic heterocycles. The first-order chi connectivity index (χ1) is 8.20. The third kappa shape index (κ3) is 2.74. The van der Waals surface area contributed by atoms with Crippen LogP contribution in [-0.4, -0.2) is 10.3 Å². The molecule has 1 aromatic carbocycles. The molecule has 2 aromatic rings. The van der Waals surface area contributed by atoms with Gasteiger partial charge < -0.3 is 4.42 Å². The predicted molar refractivity (Wildman–Crippen MR) is 70.5 cm³/mol. The lowest BCUT2D eigenvalue weighted by molar-refractivity contribution is 0.460. The zero-order valence-corrected chi connectivity index (χ0v) is 10.5. The Morgan fingerprint density at radius 1 is 1.35 bits per heavy atom. The number of benzene rings is 1. The Labute approximate surface area is 105 Å². The minimum atomic E-state index is -0.731. The van der Waals surface area contributed by atoms with Crippen LogP contribution in [0.5, 0.6) is 0 Å². The van der Waals surface area contributed by atoms with Gasteiger partial charge in [0.05, 0.1) is 10.9 Å². The number of hydrogen-bond acceptors (Lipinski definition) is 3. The third-order valence-electron chi connectivity index (χ3n) is 2.27. The number of nitrogens with one attached hydrogen (secondary N) is 1. The van der Waals surface area contributed by atoms with Gasteiger partial charge >= 0.3 is 11.4 Å². The lowest BCUT2D eigenvalue weighted by Gasteiger charge is -1.97. The van der Waals surface area contributed by atoms with Gasteiger partial charge in [-0.3, -0.25) is 4.98 Å².